The smallest absolute Gasteiger partial charge is 0.163 e. The highest BCUT2D eigenvalue weighted by atomic mass is 16.7. The summed E-state index contributed by atoms with van der Waals surface area (Å²) in [7, 11) is 1.82. The van der Waals surface area contributed by atoms with E-state index in [9.17, 15) is 0 Å². The second-order valence-corrected chi connectivity index (χ2v) is 9.44. The molecule has 3 nitrogen and oxygen atoms in total. The SMILES string of the molecule is COC1=CCC2=C(CCC3C2CC[C@]24COC(C)(C)O[C@H]2CCC34)C1. The molecule has 5 aliphatic rings. The maximum Gasteiger partial charge on any atom is 0.163 e. The molecule has 3 fully saturated rings. The van der Waals surface area contributed by atoms with E-state index in [0.29, 0.717) is 11.5 Å². The van der Waals surface area contributed by atoms with E-state index >= 15 is 0 Å². The summed E-state index contributed by atoms with van der Waals surface area (Å²) in [5, 5.41) is 0. The van der Waals surface area contributed by atoms with Crippen LogP contribution in [0.3, 0.4) is 0 Å². The first kappa shape index (κ1) is 16.4. The first-order chi connectivity index (χ1) is 12.0. The Balaban J connectivity index is 1.41. The molecule has 0 radical (unpaired) electrons. The van der Waals surface area contributed by atoms with Gasteiger partial charge < -0.3 is 14.2 Å². The van der Waals surface area contributed by atoms with Crippen molar-refractivity contribution in [3.63, 3.8) is 0 Å². The maximum atomic E-state index is 6.41. The first-order valence-electron chi connectivity index (χ1n) is 10.3. The molecule has 5 rings (SSSR count). The monoisotopic (exact) mass is 344 g/mol. The molecular weight excluding hydrogens is 312 g/mol. The van der Waals surface area contributed by atoms with Gasteiger partial charge in [0.15, 0.2) is 5.79 Å². The van der Waals surface area contributed by atoms with E-state index < -0.39 is 5.79 Å². The van der Waals surface area contributed by atoms with Crippen LogP contribution in [-0.2, 0) is 14.2 Å². The largest absolute Gasteiger partial charge is 0.501 e. The van der Waals surface area contributed by atoms with Gasteiger partial charge in [-0.25, -0.2) is 0 Å². The predicted octanol–water partition coefficient (Wildman–Crippen LogP) is 4.98. The Morgan fingerprint density at radius 2 is 2.04 bits per heavy atom. The zero-order valence-electron chi connectivity index (χ0n) is 16.0. The van der Waals surface area contributed by atoms with Crippen molar-refractivity contribution in [2.24, 2.45) is 23.2 Å². The second-order valence-electron chi connectivity index (χ2n) is 9.44. The fourth-order valence-corrected chi connectivity index (χ4v) is 6.94. The fraction of sp³-hybridized carbons (Fsp3) is 0.818. The van der Waals surface area contributed by atoms with Gasteiger partial charge >= 0.3 is 0 Å². The lowest BCUT2D eigenvalue weighted by Gasteiger charge is -2.56. The molecule has 0 amide bonds. The number of hydrogen-bond acceptors (Lipinski definition) is 3. The summed E-state index contributed by atoms with van der Waals surface area (Å²) >= 11 is 0. The molecule has 138 valence electrons. The van der Waals surface area contributed by atoms with E-state index in [1.807, 2.05) is 7.11 Å². The molecule has 1 saturated heterocycles. The lowest BCUT2D eigenvalue weighted by Crippen LogP contribution is -2.56. The molecule has 0 N–H and O–H groups in total. The van der Waals surface area contributed by atoms with Crippen molar-refractivity contribution in [1.29, 1.82) is 0 Å². The average Bonchev–Trinajstić information content (AvgIpc) is 2.99. The van der Waals surface area contributed by atoms with Gasteiger partial charge in [-0.3, -0.25) is 0 Å². The molecule has 1 heterocycles. The zero-order valence-corrected chi connectivity index (χ0v) is 16.0. The van der Waals surface area contributed by atoms with Crippen LogP contribution >= 0.6 is 0 Å². The standard InChI is InChI=1S/C22H32O3/c1-21(2)24-13-22-11-10-17-16-7-5-15(23-3)12-14(16)4-6-18(17)19(22)8-9-20(22)25-21/h5,17-20H,4,6-13H2,1-3H3/t17?,18?,19?,20-,22+/m0/s1. The number of rotatable bonds is 1. The van der Waals surface area contributed by atoms with Crippen molar-refractivity contribution in [3.8, 4) is 0 Å². The van der Waals surface area contributed by atoms with Crippen LogP contribution in [0.1, 0.15) is 65.2 Å². The van der Waals surface area contributed by atoms with Gasteiger partial charge in [0.2, 0.25) is 0 Å². The van der Waals surface area contributed by atoms with Gasteiger partial charge in [0.1, 0.15) is 0 Å². The molecule has 3 heteroatoms. The number of hydrogen-bond donors (Lipinski definition) is 0. The van der Waals surface area contributed by atoms with Crippen LogP contribution < -0.4 is 0 Å². The summed E-state index contributed by atoms with van der Waals surface area (Å²) in [5.74, 6) is 3.25. The van der Waals surface area contributed by atoms with Gasteiger partial charge in [0.05, 0.1) is 25.6 Å². The Hall–Kier alpha value is -0.800. The summed E-state index contributed by atoms with van der Waals surface area (Å²) in [4.78, 5) is 0. The molecule has 2 saturated carbocycles. The van der Waals surface area contributed by atoms with Crippen LogP contribution in [0.2, 0.25) is 0 Å². The van der Waals surface area contributed by atoms with Crippen LogP contribution in [0.4, 0.5) is 0 Å². The van der Waals surface area contributed by atoms with E-state index in [-0.39, 0.29) is 0 Å². The number of allylic oxidation sites excluding steroid dienone is 3. The molecule has 25 heavy (non-hydrogen) atoms. The lowest BCUT2D eigenvalue weighted by molar-refractivity contribution is -0.323. The topological polar surface area (TPSA) is 27.7 Å². The second kappa shape index (κ2) is 5.60. The quantitative estimate of drug-likeness (QED) is 0.628. The molecule has 0 aromatic heterocycles. The summed E-state index contributed by atoms with van der Waals surface area (Å²) in [5.41, 5.74) is 3.77. The van der Waals surface area contributed by atoms with Crippen molar-refractivity contribution in [1.82, 2.24) is 0 Å². The number of ether oxygens (including phenoxy) is 3. The third kappa shape index (κ3) is 2.38. The molecule has 0 aromatic rings. The minimum atomic E-state index is -0.394. The third-order valence-electron chi connectivity index (χ3n) is 8.07. The highest BCUT2D eigenvalue weighted by molar-refractivity contribution is 5.32. The van der Waals surface area contributed by atoms with Crippen LogP contribution in [0.15, 0.2) is 23.0 Å². The van der Waals surface area contributed by atoms with Gasteiger partial charge in [-0.2, -0.15) is 0 Å². The Morgan fingerprint density at radius 1 is 1.16 bits per heavy atom. The van der Waals surface area contributed by atoms with Crippen LogP contribution in [0.25, 0.3) is 0 Å². The Labute approximate surface area is 151 Å². The van der Waals surface area contributed by atoms with E-state index in [0.717, 1.165) is 37.2 Å². The lowest BCUT2D eigenvalue weighted by atomic mass is 9.54. The molecule has 1 aliphatic heterocycles. The van der Waals surface area contributed by atoms with E-state index in [2.05, 4.69) is 19.9 Å². The Bertz CT molecular complexity index is 631. The molecule has 4 aliphatic carbocycles. The van der Waals surface area contributed by atoms with Gasteiger partial charge in [-0.1, -0.05) is 11.1 Å². The maximum absolute atomic E-state index is 6.41. The Morgan fingerprint density at radius 3 is 2.88 bits per heavy atom. The minimum absolute atomic E-state index is 0.303. The summed E-state index contributed by atoms with van der Waals surface area (Å²) in [6.45, 7) is 5.08. The first-order valence-corrected chi connectivity index (χ1v) is 10.3. The van der Waals surface area contributed by atoms with Gasteiger partial charge in [-0.15, -0.1) is 0 Å². The van der Waals surface area contributed by atoms with Gasteiger partial charge in [-0.05, 0) is 82.6 Å². The van der Waals surface area contributed by atoms with E-state index in [4.69, 9.17) is 14.2 Å². The molecule has 0 aromatic carbocycles. The van der Waals surface area contributed by atoms with Crippen molar-refractivity contribution < 1.29 is 14.2 Å². The molecule has 0 bridgehead atoms. The highest BCUT2D eigenvalue weighted by Gasteiger charge is 2.61. The van der Waals surface area contributed by atoms with Crippen LogP contribution in [0.5, 0.6) is 0 Å². The summed E-state index contributed by atoms with van der Waals surface area (Å²) in [6.07, 6.45) is 12.8. The van der Waals surface area contributed by atoms with E-state index in [1.54, 1.807) is 11.1 Å². The van der Waals surface area contributed by atoms with Crippen molar-refractivity contribution in [2.75, 3.05) is 13.7 Å². The third-order valence-corrected chi connectivity index (χ3v) is 8.07. The summed E-state index contributed by atoms with van der Waals surface area (Å²) < 4.78 is 18.1. The van der Waals surface area contributed by atoms with E-state index in [1.165, 1.54) is 44.3 Å². The van der Waals surface area contributed by atoms with Gasteiger partial charge in [0, 0.05) is 11.8 Å². The minimum Gasteiger partial charge on any atom is -0.501 e. The van der Waals surface area contributed by atoms with Gasteiger partial charge in [0.25, 0.3) is 0 Å². The fourth-order valence-electron chi connectivity index (χ4n) is 6.94. The molecule has 5 atom stereocenters. The van der Waals surface area contributed by atoms with Crippen molar-refractivity contribution >= 4 is 0 Å². The number of fused-ring (bicyclic) bond motifs is 3. The molecule has 3 unspecified atom stereocenters. The predicted molar refractivity (Wildman–Crippen MR) is 96.9 cm³/mol. The summed E-state index contributed by atoms with van der Waals surface area (Å²) in [6, 6.07) is 0. The van der Waals surface area contributed by atoms with Crippen LogP contribution in [0, 0.1) is 23.2 Å². The van der Waals surface area contributed by atoms with Crippen LogP contribution in [-0.4, -0.2) is 25.6 Å². The van der Waals surface area contributed by atoms with Crippen molar-refractivity contribution in [3.05, 3.63) is 23.0 Å². The molecule has 1 spiro atoms. The van der Waals surface area contributed by atoms with Crippen molar-refractivity contribution in [2.45, 2.75) is 77.1 Å². The Kier molecular flexibility index (Phi) is 3.67. The average molecular weight is 344 g/mol. The normalized spacial score (nSPS) is 45.0. The number of methoxy groups -OCH3 is 1. The highest BCUT2D eigenvalue weighted by Crippen LogP contribution is 2.63. The molecular formula is C22H32O3. The zero-order chi connectivity index (χ0) is 17.2.